The number of nitrogens with zero attached hydrogens (tertiary/aromatic N) is 1. The first-order chi connectivity index (χ1) is 16.6. The van der Waals surface area contributed by atoms with Crippen molar-refractivity contribution >= 4 is 81.4 Å². The molecule has 0 saturated carbocycles. The number of amides is 3. The lowest BCUT2D eigenvalue weighted by Crippen LogP contribution is -2.36. The average Bonchev–Trinajstić information content (AvgIpc) is 3.03. The van der Waals surface area contributed by atoms with Gasteiger partial charge in [-0.05, 0) is 67.1 Å². The fraction of sp³-hybridized carbons (Fsp3) is 0.217. The van der Waals surface area contributed by atoms with E-state index in [1.807, 2.05) is 0 Å². The Morgan fingerprint density at radius 2 is 1.80 bits per heavy atom. The predicted octanol–water partition coefficient (Wildman–Crippen LogP) is 5.57. The first-order valence-corrected chi connectivity index (χ1v) is 12.1. The summed E-state index contributed by atoms with van der Waals surface area (Å²) in [7, 11) is 0. The molecule has 2 aromatic carbocycles. The van der Waals surface area contributed by atoms with Crippen molar-refractivity contribution in [1.82, 2.24) is 4.90 Å². The summed E-state index contributed by atoms with van der Waals surface area (Å²) >= 11 is 19.1. The van der Waals surface area contributed by atoms with Crippen LogP contribution in [-0.2, 0) is 19.1 Å². The monoisotopic (exact) mass is 556 g/mol. The van der Waals surface area contributed by atoms with Gasteiger partial charge in [0.1, 0.15) is 6.54 Å². The van der Waals surface area contributed by atoms with Gasteiger partial charge in [0, 0.05) is 10.7 Å². The topological polar surface area (TPSA) is 102 Å². The van der Waals surface area contributed by atoms with Crippen molar-refractivity contribution in [2.45, 2.75) is 13.8 Å². The molecule has 0 bridgehead atoms. The summed E-state index contributed by atoms with van der Waals surface area (Å²) in [6, 6.07) is 7.94. The van der Waals surface area contributed by atoms with Gasteiger partial charge in [0.25, 0.3) is 11.1 Å². The number of hydrogen-bond donors (Lipinski definition) is 1. The molecule has 1 aliphatic heterocycles. The van der Waals surface area contributed by atoms with E-state index in [4.69, 9.17) is 44.3 Å². The van der Waals surface area contributed by atoms with Gasteiger partial charge in [0.05, 0.1) is 21.6 Å². The number of anilines is 1. The maximum atomic E-state index is 12.8. The molecule has 0 aromatic heterocycles. The third kappa shape index (κ3) is 6.91. The molecule has 1 saturated heterocycles. The number of nitrogens with one attached hydrogen (secondary N) is 1. The highest BCUT2D eigenvalue weighted by Gasteiger charge is 2.36. The molecule has 1 heterocycles. The molecule has 0 unspecified atom stereocenters. The minimum Gasteiger partial charge on any atom is -0.479 e. The molecule has 0 spiro atoms. The molecule has 184 valence electrons. The minimum atomic E-state index is -0.632. The maximum Gasteiger partial charge on any atom is 0.344 e. The minimum absolute atomic E-state index is 0.0830. The molecule has 3 rings (SSSR count). The predicted molar refractivity (Wildman–Crippen MR) is 136 cm³/mol. The number of carbonyl (C=O) groups excluding carboxylic acids is 4. The molecule has 1 aliphatic rings. The van der Waals surface area contributed by atoms with Crippen LogP contribution in [0.3, 0.4) is 0 Å². The number of esters is 1. The summed E-state index contributed by atoms with van der Waals surface area (Å²) in [5.41, 5.74) is 1.69. The highest BCUT2D eigenvalue weighted by molar-refractivity contribution is 8.18. The maximum absolute atomic E-state index is 12.8. The number of hydrogen-bond acceptors (Lipinski definition) is 7. The number of benzene rings is 2. The average molecular weight is 558 g/mol. The molecule has 0 radical (unpaired) electrons. The number of imide groups is 1. The van der Waals surface area contributed by atoms with E-state index in [2.05, 4.69) is 5.32 Å². The highest BCUT2D eigenvalue weighted by atomic mass is 35.5. The van der Waals surface area contributed by atoms with Crippen molar-refractivity contribution in [3.63, 3.8) is 0 Å². The van der Waals surface area contributed by atoms with Crippen molar-refractivity contribution < 1.29 is 28.7 Å². The second-order valence-corrected chi connectivity index (χ2v) is 9.43. The Morgan fingerprint density at radius 1 is 1.11 bits per heavy atom. The summed E-state index contributed by atoms with van der Waals surface area (Å²) in [4.78, 5) is 50.0. The molecule has 8 nitrogen and oxygen atoms in total. The van der Waals surface area contributed by atoms with Gasteiger partial charge in [-0.15, -0.1) is 0 Å². The lowest BCUT2D eigenvalue weighted by Gasteiger charge is -2.14. The molecule has 2 aromatic rings. The third-order valence-corrected chi connectivity index (χ3v) is 6.31. The van der Waals surface area contributed by atoms with Crippen molar-refractivity contribution in [2.24, 2.45) is 0 Å². The Morgan fingerprint density at radius 3 is 2.46 bits per heavy atom. The summed E-state index contributed by atoms with van der Waals surface area (Å²) in [5.74, 6) is -1.67. The lowest BCUT2D eigenvalue weighted by atomic mass is 10.2. The normalized spacial score (nSPS) is 14.4. The van der Waals surface area contributed by atoms with Crippen molar-refractivity contribution in [1.29, 1.82) is 0 Å². The number of carbonyl (C=O) groups is 4. The molecule has 1 fully saturated rings. The quantitative estimate of drug-likeness (QED) is 0.334. The van der Waals surface area contributed by atoms with Crippen LogP contribution in [0.2, 0.25) is 15.1 Å². The van der Waals surface area contributed by atoms with E-state index in [1.165, 1.54) is 18.2 Å². The molecule has 1 N–H and O–H groups in total. The van der Waals surface area contributed by atoms with Gasteiger partial charge < -0.3 is 14.8 Å². The van der Waals surface area contributed by atoms with E-state index in [-0.39, 0.29) is 33.9 Å². The van der Waals surface area contributed by atoms with Crippen LogP contribution in [0.15, 0.2) is 35.2 Å². The number of ether oxygens (including phenoxy) is 2. The fourth-order valence-electron chi connectivity index (χ4n) is 2.98. The SMILES string of the molecule is CCOC(=O)COc1c(Cl)cc(/C=C2\SC(=O)N(CC(=O)Nc3cc(Cl)ccc3C)C2=O)cc1Cl. The number of rotatable bonds is 8. The molecule has 12 heteroatoms. The van der Waals surface area contributed by atoms with Crippen molar-refractivity contribution in [2.75, 3.05) is 25.1 Å². The highest BCUT2D eigenvalue weighted by Crippen LogP contribution is 2.37. The van der Waals surface area contributed by atoms with Gasteiger partial charge in [0.2, 0.25) is 5.91 Å². The summed E-state index contributed by atoms with van der Waals surface area (Å²) in [5, 5.41) is 2.70. The standard InChI is InChI=1S/C23H19Cl3N2O6S/c1-3-33-20(30)11-34-21-15(25)6-13(7-16(21)26)8-18-22(31)28(23(32)35-18)10-19(29)27-17-9-14(24)5-4-12(17)2/h4-9H,3,10-11H2,1-2H3,(H,27,29)/b18-8-. The Labute approximate surface area is 220 Å². The van der Waals surface area contributed by atoms with Gasteiger partial charge in [-0.2, -0.15) is 0 Å². The second kappa shape index (κ2) is 11.8. The van der Waals surface area contributed by atoms with Crippen LogP contribution < -0.4 is 10.1 Å². The van der Waals surface area contributed by atoms with Gasteiger partial charge in [-0.25, -0.2) is 4.79 Å². The molecule has 35 heavy (non-hydrogen) atoms. The first-order valence-electron chi connectivity index (χ1n) is 10.2. The number of aryl methyl sites for hydroxylation is 1. The number of thioether (sulfide) groups is 1. The van der Waals surface area contributed by atoms with E-state index in [1.54, 1.807) is 32.0 Å². The summed E-state index contributed by atoms with van der Waals surface area (Å²) < 4.78 is 10.1. The zero-order valence-electron chi connectivity index (χ0n) is 18.5. The van der Waals surface area contributed by atoms with Gasteiger partial charge in [-0.3, -0.25) is 19.3 Å². The van der Waals surface area contributed by atoms with Crippen LogP contribution >= 0.6 is 46.6 Å². The zero-order valence-corrected chi connectivity index (χ0v) is 21.6. The first kappa shape index (κ1) is 26.9. The van der Waals surface area contributed by atoms with Crippen LogP contribution in [0.5, 0.6) is 5.75 Å². The van der Waals surface area contributed by atoms with Crippen LogP contribution in [0, 0.1) is 6.92 Å². The van der Waals surface area contributed by atoms with Crippen molar-refractivity contribution in [3.8, 4) is 5.75 Å². The zero-order chi connectivity index (χ0) is 25.7. The van der Waals surface area contributed by atoms with E-state index in [9.17, 15) is 19.2 Å². The van der Waals surface area contributed by atoms with Crippen LogP contribution in [0.4, 0.5) is 10.5 Å². The largest absolute Gasteiger partial charge is 0.479 e. The molecule has 0 aliphatic carbocycles. The van der Waals surface area contributed by atoms with Gasteiger partial charge in [0.15, 0.2) is 12.4 Å². The Kier molecular flexibility index (Phi) is 9.07. The Hall–Kier alpha value is -2.72. The Bertz CT molecular complexity index is 1210. The van der Waals surface area contributed by atoms with Gasteiger partial charge >= 0.3 is 5.97 Å². The van der Waals surface area contributed by atoms with E-state index in [0.717, 1.165) is 10.5 Å². The van der Waals surface area contributed by atoms with E-state index in [0.29, 0.717) is 28.0 Å². The molecule has 3 amide bonds. The summed E-state index contributed by atoms with van der Waals surface area (Å²) in [6.07, 6.45) is 1.43. The van der Waals surface area contributed by atoms with Crippen LogP contribution in [0.1, 0.15) is 18.1 Å². The van der Waals surface area contributed by atoms with Crippen LogP contribution in [-0.4, -0.2) is 47.7 Å². The smallest absolute Gasteiger partial charge is 0.344 e. The lowest BCUT2D eigenvalue weighted by molar-refractivity contribution is -0.145. The molecular weight excluding hydrogens is 539 g/mol. The number of halogens is 3. The van der Waals surface area contributed by atoms with E-state index >= 15 is 0 Å². The molecule has 0 atom stereocenters. The second-order valence-electron chi connectivity index (χ2n) is 7.18. The fourth-order valence-corrected chi connectivity index (χ4v) is 4.61. The van der Waals surface area contributed by atoms with E-state index < -0.39 is 29.6 Å². The van der Waals surface area contributed by atoms with Crippen molar-refractivity contribution in [3.05, 3.63) is 61.4 Å². The Balaban J connectivity index is 1.70. The third-order valence-electron chi connectivity index (χ3n) is 4.61. The van der Waals surface area contributed by atoms with Gasteiger partial charge in [-0.1, -0.05) is 40.9 Å². The van der Waals surface area contributed by atoms with Crippen LogP contribution in [0.25, 0.3) is 6.08 Å². The molecular formula is C23H19Cl3N2O6S. The summed E-state index contributed by atoms with van der Waals surface area (Å²) in [6.45, 7) is 2.83.